The molecule has 2 bridgehead atoms. The van der Waals surface area contributed by atoms with Crippen LogP contribution in [-0.2, 0) is 0 Å². The van der Waals surface area contributed by atoms with Crippen LogP contribution in [0, 0.1) is 22.7 Å². The Hall–Kier alpha value is 0.0900. The molecule has 1 saturated heterocycles. The van der Waals surface area contributed by atoms with Crippen molar-refractivity contribution >= 4 is 11.8 Å². The highest BCUT2D eigenvalue weighted by Gasteiger charge is 2.57. The Kier molecular flexibility index (Phi) is 2.32. The minimum Gasteiger partial charge on any atom is -0.153 e. The summed E-state index contributed by atoms with van der Waals surface area (Å²) in [5.74, 6) is 3.11. The number of thioether (sulfide) groups is 1. The topological polar surface area (TPSA) is 0 Å². The minimum atomic E-state index is 0.565. The quantitative estimate of drug-likeness (QED) is 0.558. The van der Waals surface area contributed by atoms with Gasteiger partial charge in [-0.3, -0.25) is 0 Å². The third-order valence-corrected chi connectivity index (χ3v) is 7.27. The third kappa shape index (κ3) is 1.30. The van der Waals surface area contributed by atoms with Crippen molar-refractivity contribution in [2.75, 3.05) is 5.75 Å². The van der Waals surface area contributed by atoms with Crippen molar-refractivity contribution in [3.8, 4) is 0 Å². The van der Waals surface area contributed by atoms with Gasteiger partial charge in [0.05, 0.1) is 0 Å². The Balaban J connectivity index is 2.02. The van der Waals surface area contributed by atoms with Crippen molar-refractivity contribution in [1.29, 1.82) is 0 Å². The average molecular weight is 236 g/mol. The minimum absolute atomic E-state index is 0.565. The SMILES string of the molecule is C=C1[C@@H]2C[C@@H]3C(C)(C)CCC[C@@]3(C)[C@H]1CS2. The standard InChI is InChI=1S/C15H24S/c1-10-11-9-16-12(10)8-13-14(2,3)6-5-7-15(11,13)4/h11-13H,1,5-9H2,2-4H3/t11-,12-,13+,15-/m0/s1. The van der Waals surface area contributed by atoms with Crippen LogP contribution in [0.1, 0.15) is 46.5 Å². The van der Waals surface area contributed by atoms with E-state index in [0.29, 0.717) is 10.8 Å². The molecule has 2 saturated carbocycles. The van der Waals surface area contributed by atoms with Crippen LogP contribution in [0.5, 0.6) is 0 Å². The van der Waals surface area contributed by atoms with E-state index in [4.69, 9.17) is 0 Å². The molecule has 0 amide bonds. The number of rotatable bonds is 0. The molecule has 16 heavy (non-hydrogen) atoms. The molecule has 0 aromatic rings. The Bertz CT molecular complexity index is 330. The Labute approximate surface area is 104 Å². The van der Waals surface area contributed by atoms with Crippen molar-refractivity contribution in [1.82, 2.24) is 0 Å². The molecule has 0 spiro atoms. The number of fused-ring (bicyclic) bond motifs is 4. The van der Waals surface area contributed by atoms with Crippen LogP contribution in [0.3, 0.4) is 0 Å². The van der Waals surface area contributed by atoms with Crippen molar-refractivity contribution in [3.05, 3.63) is 12.2 Å². The van der Waals surface area contributed by atoms with Crippen molar-refractivity contribution in [2.45, 2.75) is 51.7 Å². The lowest BCUT2D eigenvalue weighted by atomic mass is 9.48. The molecule has 3 aliphatic rings. The molecule has 1 aliphatic heterocycles. The largest absolute Gasteiger partial charge is 0.153 e. The van der Waals surface area contributed by atoms with E-state index in [1.54, 1.807) is 5.57 Å². The van der Waals surface area contributed by atoms with E-state index in [2.05, 4.69) is 39.1 Å². The first kappa shape index (κ1) is 11.2. The van der Waals surface area contributed by atoms with Gasteiger partial charge < -0.3 is 0 Å². The number of hydrogen-bond donors (Lipinski definition) is 0. The molecule has 1 heteroatoms. The molecular weight excluding hydrogens is 212 g/mol. The van der Waals surface area contributed by atoms with Gasteiger partial charge in [0.15, 0.2) is 0 Å². The van der Waals surface area contributed by atoms with Gasteiger partial charge in [0.2, 0.25) is 0 Å². The van der Waals surface area contributed by atoms with Gasteiger partial charge in [0.25, 0.3) is 0 Å². The monoisotopic (exact) mass is 236 g/mol. The first-order valence-corrected chi connectivity index (χ1v) is 7.80. The van der Waals surface area contributed by atoms with Gasteiger partial charge in [-0.25, -0.2) is 0 Å². The highest BCUT2D eigenvalue weighted by Crippen LogP contribution is 2.65. The van der Waals surface area contributed by atoms with Gasteiger partial charge >= 0.3 is 0 Å². The zero-order chi connectivity index (χ0) is 11.6. The van der Waals surface area contributed by atoms with Crippen LogP contribution in [0.15, 0.2) is 12.2 Å². The van der Waals surface area contributed by atoms with E-state index in [9.17, 15) is 0 Å². The lowest BCUT2D eigenvalue weighted by Gasteiger charge is -2.56. The third-order valence-electron chi connectivity index (χ3n) is 5.85. The molecule has 4 atom stereocenters. The van der Waals surface area contributed by atoms with E-state index in [0.717, 1.165) is 17.1 Å². The van der Waals surface area contributed by atoms with Crippen LogP contribution in [0.2, 0.25) is 0 Å². The Morgan fingerprint density at radius 2 is 2.00 bits per heavy atom. The second kappa shape index (κ2) is 3.31. The smallest absolute Gasteiger partial charge is 0.0260 e. The second-order valence-electron chi connectivity index (χ2n) is 7.09. The summed E-state index contributed by atoms with van der Waals surface area (Å²) >= 11 is 2.19. The first-order chi connectivity index (χ1) is 7.45. The molecule has 0 aromatic heterocycles. The highest BCUT2D eigenvalue weighted by molar-refractivity contribution is 8.00. The molecule has 0 aromatic carbocycles. The molecule has 3 rings (SSSR count). The summed E-state index contributed by atoms with van der Waals surface area (Å²) in [7, 11) is 0. The van der Waals surface area contributed by atoms with Crippen LogP contribution in [0.25, 0.3) is 0 Å². The summed E-state index contributed by atoms with van der Waals surface area (Å²) in [4.78, 5) is 0. The van der Waals surface area contributed by atoms with Gasteiger partial charge in [0.1, 0.15) is 0 Å². The predicted octanol–water partition coefficient (Wildman–Crippen LogP) is 4.51. The van der Waals surface area contributed by atoms with Crippen LogP contribution < -0.4 is 0 Å². The van der Waals surface area contributed by atoms with Crippen LogP contribution in [-0.4, -0.2) is 11.0 Å². The zero-order valence-corrected chi connectivity index (χ0v) is 11.7. The Morgan fingerprint density at radius 3 is 2.75 bits per heavy atom. The molecule has 1 heterocycles. The fraction of sp³-hybridized carbons (Fsp3) is 0.867. The maximum atomic E-state index is 4.40. The van der Waals surface area contributed by atoms with E-state index < -0.39 is 0 Å². The fourth-order valence-corrected chi connectivity index (χ4v) is 6.60. The maximum absolute atomic E-state index is 4.40. The zero-order valence-electron chi connectivity index (χ0n) is 10.9. The van der Waals surface area contributed by atoms with Crippen molar-refractivity contribution < 1.29 is 0 Å². The van der Waals surface area contributed by atoms with Gasteiger partial charge in [-0.15, -0.1) is 0 Å². The van der Waals surface area contributed by atoms with Crippen LogP contribution >= 0.6 is 11.8 Å². The van der Waals surface area contributed by atoms with Gasteiger partial charge in [-0.1, -0.05) is 39.3 Å². The average Bonchev–Trinajstić information content (AvgIpc) is 2.44. The number of hydrogen-bond acceptors (Lipinski definition) is 1. The molecule has 2 aliphatic carbocycles. The van der Waals surface area contributed by atoms with Crippen LogP contribution in [0.4, 0.5) is 0 Å². The van der Waals surface area contributed by atoms with Crippen molar-refractivity contribution in [2.24, 2.45) is 22.7 Å². The van der Waals surface area contributed by atoms with Gasteiger partial charge in [-0.2, -0.15) is 11.8 Å². The first-order valence-electron chi connectivity index (χ1n) is 6.75. The molecule has 90 valence electrons. The van der Waals surface area contributed by atoms with Crippen molar-refractivity contribution in [3.63, 3.8) is 0 Å². The summed E-state index contributed by atoms with van der Waals surface area (Å²) in [6, 6.07) is 0. The summed E-state index contributed by atoms with van der Waals surface area (Å²) in [6.07, 6.45) is 5.71. The summed E-state index contributed by atoms with van der Waals surface area (Å²) in [6.45, 7) is 12.0. The summed E-state index contributed by atoms with van der Waals surface area (Å²) in [5.41, 5.74) is 2.72. The van der Waals surface area contributed by atoms with E-state index in [1.165, 1.54) is 31.4 Å². The molecule has 3 fully saturated rings. The molecular formula is C15H24S. The van der Waals surface area contributed by atoms with Gasteiger partial charge in [-0.05, 0) is 41.9 Å². The fourth-order valence-electron chi connectivity index (χ4n) is 4.87. The van der Waals surface area contributed by atoms with E-state index in [1.807, 2.05) is 0 Å². The summed E-state index contributed by atoms with van der Waals surface area (Å²) < 4.78 is 0. The molecule has 0 unspecified atom stereocenters. The lowest BCUT2D eigenvalue weighted by molar-refractivity contribution is -0.0402. The molecule has 0 nitrogen and oxygen atoms in total. The predicted molar refractivity (Wildman–Crippen MR) is 72.7 cm³/mol. The Morgan fingerprint density at radius 1 is 1.25 bits per heavy atom. The normalized spacial score (nSPS) is 50.2. The molecule has 0 N–H and O–H groups in total. The summed E-state index contributed by atoms with van der Waals surface area (Å²) in [5, 5.41) is 0.792. The maximum Gasteiger partial charge on any atom is 0.0260 e. The lowest BCUT2D eigenvalue weighted by Crippen LogP contribution is -2.50. The second-order valence-corrected chi connectivity index (χ2v) is 8.32. The highest BCUT2D eigenvalue weighted by atomic mass is 32.2. The van der Waals surface area contributed by atoms with E-state index in [-0.39, 0.29) is 0 Å². The van der Waals surface area contributed by atoms with Gasteiger partial charge in [0, 0.05) is 11.0 Å². The van der Waals surface area contributed by atoms with E-state index >= 15 is 0 Å². The molecule has 0 radical (unpaired) electrons.